The molecule has 1 fully saturated rings. The van der Waals surface area contributed by atoms with E-state index in [0.717, 1.165) is 12.8 Å². The summed E-state index contributed by atoms with van der Waals surface area (Å²) in [6, 6.07) is -1.31. The summed E-state index contributed by atoms with van der Waals surface area (Å²) < 4.78 is 21.6. The van der Waals surface area contributed by atoms with Gasteiger partial charge in [0.2, 0.25) is 10.0 Å². The molecule has 0 bridgehead atoms. The zero-order valence-electron chi connectivity index (χ0n) is 11.8. The molecular formula is C11H21N3O5S2. The summed E-state index contributed by atoms with van der Waals surface area (Å²) in [6.07, 6.45) is 1.76. The summed E-state index contributed by atoms with van der Waals surface area (Å²) in [4.78, 5) is 24.7. The molecule has 122 valence electrons. The third-order valence-corrected chi connectivity index (χ3v) is 5.24. The number of primary sulfonamides is 1. The highest BCUT2D eigenvalue weighted by atomic mass is 32.2. The molecule has 1 heterocycles. The summed E-state index contributed by atoms with van der Waals surface area (Å²) in [6.45, 7) is 2.11. The molecule has 2 amide bonds. The number of nitrogens with two attached hydrogens (primary N) is 1. The van der Waals surface area contributed by atoms with Crippen LogP contribution in [0.5, 0.6) is 0 Å². The van der Waals surface area contributed by atoms with Crippen molar-refractivity contribution >= 4 is 33.8 Å². The molecule has 10 heteroatoms. The largest absolute Gasteiger partial charge is 0.480 e. The fourth-order valence-corrected chi connectivity index (χ4v) is 4.12. The molecule has 1 rings (SSSR count). The number of carboxylic acids is 1. The van der Waals surface area contributed by atoms with Gasteiger partial charge in [-0.3, -0.25) is 4.90 Å². The Hall–Kier alpha value is -1.00. The summed E-state index contributed by atoms with van der Waals surface area (Å²) in [5, 5.41) is 16.4. The Balaban J connectivity index is 2.56. The maximum absolute atomic E-state index is 12.1. The van der Waals surface area contributed by atoms with E-state index in [9.17, 15) is 18.0 Å². The molecule has 1 aliphatic heterocycles. The number of nitrogens with one attached hydrogen (secondary N) is 1. The number of hydrogen-bond donors (Lipinski definition) is 3. The number of aliphatic carboxylic acids is 1. The van der Waals surface area contributed by atoms with Gasteiger partial charge in [0, 0.05) is 12.3 Å². The molecule has 0 saturated carbocycles. The number of urea groups is 1. The lowest BCUT2D eigenvalue weighted by Crippen LogP contribution is -2.50. The maximum atomic E-state index is 12.1. The summed E-state index contributed by atoms with van der Waals surface area (Å²) in [7, 11) is -3.55. The van der Waals surface area contributed by atoms with Gasteiger partial charge in [-0.1, -0.05) is 13.3 Å². The minimum atomic E-state index is -3.55. The third-order valence-electron chi connectivity index (χ3n) is 3.03. The van der Waals surface area contributed by atoms with Gasteiger partial charge in [-0.25, -0.2) is 23.1 Å². The first-order valence-electron chi connectivity index (χ1n) is 6.67. The molecule has 0 aromatic heterocycles. The average Bonchev–Trinajstić information content (AvgIpc) is 2.77. The van der Waals surface area contributed by atoms with Gasteiger partial charge in [0.05, 0.1) is 11.1 Å². The quantitative estimate of drug-likeness (QED) is 0.560. The van der Waals surface area contributed by atoms with Gasteiger partial charge < -0.3 is 10.4 Å². The first kappa shape index (κ1) is 18.1. The lowest BCUT2D eigenvalue weighted by atomic mass is 10.2. The lowest BCUT2D eigenvalue weighted by Gasteiger charge is -2.27. The molecule has 0 aromatic rings. The van der Waals surface area contributed by atoms with Crippen LogP contribution in [-0.2, 0) is 14.8 Å². The molecule has 0 radical (unpaired) electrons. The molecule has 21 heavy (non-hydrogen) atoms. The van der Waals surface area contributed by atoms with Crippen molar-refractivity contribution in [2.45, 2.75) is 37.6 Å². The number of rotatable bonds is 7. The second-order valence-electron chi connectivity index (χ2n) is 4.79. The van der Waals surface area contributed by atoms with E-state index in [4.69, 9.17) is 10.2 Å². The van der Waals surface area contributed by atoms with Gasteiger partial charge >= 0.3 is 12.0 Å². The minimum Gasteiger partial charge on any atom is -0.480 e. The average molecular weight is 339 g/mol. The summed E-state index contributed by atoms with van der Waals surface area (Å²) >= 11 is 1.45. The Bertz CT molecular complexity index is 482. The van der Waals surface area contributed by atoms with Crippen molar-refractivity contribution in [3.05, 3.63) is 0 Å². The number of carboxylic acid groups (broad SMARTS) is 1. The molecule has 0 aromatic carbocycles. The standard InChI is InChI=1S/C11H21N3O5S2/c1-2-4-9-14(8(7-20-9)10(15)16)11(17)13-5-3-6-21(12,18)19/h8-9H,2-7H2,1H3,(H,13,17)(H,15,16)(H2,12,18,19). The summed E-state index contributed by atoms with van der Waals surface area (Å²) in [5.74, 6) is -0.881. The number of carbonyl (C=O) groups is 2. The van der Waals surface area contributed by atoms with Crippen molar-refractivity contribution in [2.75, 3.05) is 18.1 Å². The second-order valence-corrected chi connectivity index (χ2v) is 7.74. The first-order valence-corrected chi connectivity index (χ1v) is 9.43. The van der Waals surface area contributed by atoms with Gasteiger partial charge in [-0.2, -0.15) is 0 Å². The van der Waals surface area contributed by atoms with Crippen molar-refractivity contribution < 1.29 is 23.1 Å². The van der Waals surface area contributed by atoms with E-state index in [-0.39, 0.29) is 24.1 Å². The maximum Gasteiger partial charge on any atom is 0.327 e. The zero-order chi connectivity index (χ0) is 16.0. The van der Waals surface area contributed by atoms with Crippen LogP contribution in [0.25, 0.3) is 0 Å². The number of carbonyl (C=O) groups excluding carboxylic acids is 1. The Morgan fingerprint density at radius 3 is 2.67 bits per heavy atom. The predicted molar refractivity (Wildman–Crippen MR) is 80.4 cm³/mol. The van der Waals surface area contributed by atoms with Gasteiger partial charge in [-0.05, 0) is 12.8 Å². The molecule has 0 spiro atoms. The Morgan fingerprint density at radius 1 is 1.48 bits per heavy atom. The van der Waals surface area contributed by atoms with Crippen molar-refractivity contribution in [1.82, 2.24) is 10.2 Å². The van der Waals surface area contributed by atoms with Gasteiger partial charge in [0.15, 0.2) is 0 Å². The van der Waals surface area contributed by atoms with E-state index < -0.39 is 28.1 Å². The van der Waals surface area contributed by atoms with E-state index >= 15 is 0 Å². The monoisotopic (exact) mass is 339 g/mol. The van der Waals surface area contributed by atoms with Crippen LogP contribution in [0.15, 0.2) is 0 Å². The van der Waals surface area contributed by atoms with Crippen molar-refractivity contribution in [2.24, 2.45) is 5.14 Å². The van der Waals surface area contributed by atoms with Gasteiger partial charge in [-0.15, -0.1) is 11.8 Å². The van der Waals surface area contributed by atoms with Crippen LogP contribution in [0.2, 0.25) is 0 Å². The Kier molecular flexibility index (Phi) is 6.75. The molecule has 4 N–H and O–H groups in total. The van der Waals surface area contributed by atoms with Crippen LogP contribution in [0.3, 0.4) is 0 Å². The molecule has 1 aliphatic rings. The number of hydrogen-bond acceptors (Lipinski definition) is 5. The van der Waals surface area contributed by atoms with Crippen molar-refractivity contribution in [3.63, 3.8) is 0 Å². The van der Waals surface area contributed by atoms with Gasteiger partial charge in [0.1, 0.15) is 6.04 Å². The van der Waals surface area contributed by atoms with Crippen LogP contribution >= 0.6 is 11.8 Å². The molecular weight excluding hydrogens is 318 g/mol. The highest BCUT2D eigenvalue weighted by Gasteiger charge is 2.41. The highest BCUT2D eigenvalue weighted by Crippen LogP contribution is 2.32. The van der Waals surface area contributed by atoms with Crippen LogP contribution < -0.4 is 10.5 Å². The predicted octanol–water partition coefficient (Wildman–Crippen LogP) is 0.00280. The zero-order valence-corrected chi connectivity index (χ0v) is 13.5. The van der Waals surface area contributed by atoms with Crippen LogP contribution in [0, 0.1) is 0 Å². The molecule has 2 atom stereocenters. The van der Waals surface area contributed by atoms with E-state index in [0.29, 0.717) is 5.75 Å². The Labute approximate surface area is 128 Å². The molecule has 1 saturated heterocycles. The fraction of sp³-hybridized carbons (Fsp3) is 0.818. The highest BCUT2D eigenvalue weighted by molar-refractivity contribution is 8.00. The number of thioether (sulfide) groups is 1. The van der Waals surface area contributed by atoms with Crippen LogP contribution in [0.4, 0.5) is 4.79 Å². The van der Waals surface area contributed by atoms with Crippen molar-refractivity contribution in [3.8, 4) is 0 Å². The topological polar surface area (TPSA) is 130 Å². The van der Waals surface area contributed by atoms with E-state index in [1.54, 1.807) is 0 Å². The number of sulfonamides is 1. The first-order chi connectivity index (χ1) is 9.76. The Morgan fingerprint density at radius 2 is 2.14 bits per heavy atom. The number of nitrogens with zero attached hydrogens (tertiary/aromatic N) is 1. The summed E-state index contributed by atoms with van der Waals surface area (Å²) in [5.41, 5.74) is 0. The second kappa shape index (κ2) is 7.85. The smallest absolute Gasteiger partial charge is 0.327 e. The SMILES string of the molecule is CCCC1SCC(C(=O)O)N1C(=O)NCCCS(N)(=O)=O. The van der Waals surface area contributed by atoms with E-state index in [2.05, 4.69) is 5.32 Å². The van der Waals surface area contributed by atoms with Crippen LogP contribution in [-0.4, -0.2) is 59.9 Å². The van der Waals surface area contributed by atoms with Crippen LogP contribution in [0.1, 0.15) is 26.2 Å². The molecule has 2 unspecified atom stereocenters. The van der Waals surface area contributed by atoms with Crippen molar-refractivity contribution in [1.29, 1.82) is 0 Å². The minimum absolute atomic E-state index is 0.140. The fourth-order valence-electron chi connectivity index (χ4n) is 2.06. The lowest BCUT2D eigenvalue weighted by molar-refractivity contribution is -0.141. The van der Waals surface area contributed by atoms with E-state index in [1.807, 2.05) is 6.92 Å². The van der Waals surface area contributed by atoms with Gasteiger partial charge in [0.25, 0.3) is 0 Å². The number of amides is 2. The normalized spacial score (nSPS) is 22.3. The molecule has 0 aliphatic carbocycles. The van der Waals surface area contributed by atoms with E-state index in [1.165, 1.54) is 16.7 Å². The molecule has 8 nitrogen and oxygen atoms in total. The third kappa shape index (κ3) is 5.71.